The average Bonchev–Trinajstić information content (AvgIpc) is 3.40. The van der Waals surface area contributed by atoms with Crippen LogP contribution in [0.2, 0.25) is 0 Å². The summed E-state index contributed by atoms with van der Waals surface area (Å²) < 4.78 is 37.4. The van der Waals surface area contributed by atoms with Crippen molar-refractivity contribution in [2.24, 2.45) is 0 Å². The number of ether oxygens (including phenoxy) is 1. The predicted molar refractivity (Wildman–Crippen MR) is 143 cm³/mol. The zero-order valence-corrected chi connectivity index (χ0v) is 23.1. The average molecular weight is 584 g/mol. The number of fused-ring (bicyclic) bond motifs is 1. The van der Waals surface area contributed by atoms with Crippen molar-refractivity contribution in [3.8, 4) is 5.75 Å². The third-order valence-electron chi connectivity index (χ3n) is 6.38. The molecule has 1 aliphatic heterocycles. The van der Waals surface area contributed by atoms with E-state index in [9.17, 15) is 28.5 Å². The number of quaternary nitrogens is 1. The van der Waals surface area contributed by atoms with Gasteiger partial charge in [-0.3, -0.25) is 13.5 Å². The standard InChI is InChI=1S/C17H19N7O8S.C6H15N/c18-13-10-14(21-6-20-13)24(17(19)22-10)16-12(27)11(26)9(32-16)5-31-33(29,30)23-15(28)7-3-1-2-4-8(7)25;1-4-7(5-2)6-3/h1-4,6,9,11-12,16,25-27H,5H2,(H2,19,22)(H,23,28)(H2,18,20,21);4-6H2,1-3H3/p+1/t9-,11-,12-,16-;/m1./s1. The van der Waals surface area contributed by atoms with Crippen LogP contribution < -0.4 is 21.1 Å². The number of hydrogen-bond donors (Lipinski definition) is 7. The predicted octanol–water partition coefficient (Wildman–Crippen LogP) is -2.06. The molecule has 0 aliphatic carbocycles. The summed E-state index contributed by atoms with van der Waals surface area (Å²) in [6.45, 7) is 9.72. The molecule has 2 aromatic heterocycles. The molecule has 1 aliphatic rings. The molecule has 0 saturated carbocycles. The molecule has 0 radical (unpaired) electrons. The Balaban J connectivity index is 0.000000559. The first-order chi connectivity index (χ1) is 18.9. The highest BCUT2D eigenvalue weighted by molar-refractivity contribution is 7.85. The number of aromatic hydroxyl groups is 1. The molecule has 1 saturated heterocycles. The summed E-state index contributed by atoms with van der Waals surface area (Å²) in [7, 11) is -4.66. The van der Waals surface area contributed by atoms with Crippen molar-refractivity contribution in [2.45, 2.75) is 45.3 Å². The molecule has 1 amide bonds. The highest BCUT2D eigenvalue weighted by Crippen LogP contribution is 2.34. The van der Waals surface area contributed by atoms with Gasteiger partial charge in [0.2, 0.25) is 5.95 Å². The Morgan fingerprint density at radius 3 is 2.38 bits per heavy atom. The van der Waals surface area contributed by atoms with Gasteiger partial charge in [0.25, 0.3) is 5.91 Å². The largest absolute Gasteiger partial charge is 0.507 e. The number of anilines is 2. The Hall–Kier alpha value is -3.61. The van der Waals surface area contributed by atoms with Gasteiger partial charge in [0.1, 0.15) is 30.4 Å². The molecule has 4 rings (SSSR count). The summed E-state index contributed by atoms with van der Waals surface area (Å²) in [5.74, 6) is -1.67. The third kappa shape index (κ3) is 6.93. The highest BCUT2D eigenvalue weighted by atomic mass is 32.2. The highest BCUT2D eigenvalue weighted by Gasteiger charge is 2.46. The van der Waals surface area contributed by atoms with E-state index >= 15 is 0 Å². The Morgan fingerprint density at radius 2 is 1.77 bits per heavy atom. The molecule has 9 N–H and O–H groups in total. The molecule has 0 unspecified atom stereocenters. The normalized spacial score (nSPS) is 20.9. The van der Waals surface area contributed by atoms with Crippen LogP contribution in [0.1, 0.15) is 37.4 Å². The van der Waals surface area contributed by atoms with Gasteiger partial charge in [-0.1, -0.05) is 12.1 Å². The maximum absolute atomic E-state index is 12.1. The Bertz CT molecular complexity index is 1410. The lowest BCUT2D eigenvalue weighted by molar-refractivity contribution is -0.894. The number of imidazole rings is 1. The summed E-state index contributed by atoms with van der Waals surface area (Å²) in [5, 5.41) is 30.5. The molecule has 220 valence electrons. The quantitative estimate of drug-likeness (QED) is 0.143. The fourth-order valence-electron chi connectivity index (χ4n) is 4.04. The van der Waals surface area contributed by atoms with Gasteiger partial charge >= 0.3 is 10.3 Å². The maximum Gasteiger partial charge on any atom is 0.362 e. The van der Waals surface area contributed by atoms with E-state index < -0.39 is 53.1 Å². The first-order valence-electron chi connectivity index (χ1n) is 12.5. The molecule has 17 heteroatoms. The van der Waals surface area contributed by atoms with Gasteiger partial charge in [-0.05, 0) is 32.9 Å². The van der Waals surface area contributed by atoms with E-state index in [1.807, 2.05) is 0 Å². The molecule has 1 aromatic carbocycles. The number of nitrogens with zero attached hydrogens (tertiary/aromatic N) is 4. The Kier molecular flexibility index (Phi) is 10.2. The topological polar surface area (TPSA) is 242 Å². The summed E-state index contributed by atoms with van der Waals surface area (Å²) >= 11 is 0. The van der Waals surface area contributed by atoms with Crippen molar-refractivity contribution in [3.63, 3.8) is 0 Å². The SMILES string of the molecule is CC[NH+](CC)CC.Nc1ncnc2c1nc(N)n2[C@@H]1O[C@H](COS(=O)(=O)NC(=O)c2ccccc2O)[C@@H](O)[C@H]1O. The number of hydrogen-bond acceptors (Lipinski definition) is 13. The maximum atomic E-state index is 12.1. The second kappa shape index (κ2) is 13.2. The number of para-hydroxylation sites is 1. The van der Waals surface area contributed by atoms with Crippen molar-refractivity contribution in [1.82, 2.24) is 24.2 Å². The van der Waals surface area contributed by atoms with Crippen LogP contribution in [-0.4, -0.2) is 93.7 Å². The summed E-state index contributed by atoms with van der Waals surface area (Å²) in [4.78, 5) is 25.6. The molecular weight excluding hydrogens is 548 g/mol. The van der Waals surface area contributed by atoms with E-state index in [1.54, 1.807) is 9.62 Å². The van der Waals surface area contributed by atoms with Crippen LogP contribution in [0.15, 0.2) is 30.6 Å². The number of aliphatic hydroxyl groups excluding tert-OH is 2. The number of phenols is 1. The van der Waals surface area contributed by atoms with E-state index in [0.29, 0.717) is 0 Å². The Labute approximate surface area is 230 Å². The van der Waals surface area contributed by atoms with Crippen molar-refractivity contribution >= 4 is 39.1 Å². The number of nitrogens with two attached hydrogens (primary N) is 2. The van der Waals surface area contributed by atoms with Crippen LogP contribution in [0.5, 0.6) is 5.75 Å². The molecule has 40 heavy (non-hydrogen) atoms. The number of aromatic nitrogens is 4. The van der Waals surface area contributed by atoms with Gasteiger partial charge < -0.3 is 36.4 Å². The van der Waals surface area contributed by atoms with E-state index in [1.165, 1.54) is 48.5 Å². The number of amides is 1. The van der Waals surface area contributed by atoms with Gasteiger partial charge in [-0.15, -0.1) is 0 Å². The van der Waals surface area contributed by atoms with Crippen molar-refractivity contribution < 1.29 is 42.4 Å². The van der Waals surface area contributed by atoms with Crippen molar-refractivity contribution in [1.29, 1.82) is 0 Å². The second-order valence-electron chi connectivity index (χ2n) is 8.82. The monoisotopic (exact) mass is 583 g/mol. The molecule has 3 aromatic rings. The number of carbonyl (C=O) groups excluding carboxylic acids is 1. The molecule has 3 heterocycles. The van der Waals surface area contributed by atoms with E-state index in [2.05, 4.69) is 35.7 Å². The number of rotatable bonds is 9. The zero-order chi connectivity index (χ0) is 29.6. The molecular formula is C23H35N8O8S+. The van der Waals surface area contributed by atoms with Gasteiger partial charge in [0, 0.05) is 0 Å². The number of phenolic OH excluding ortho intramolecular Hbond substituents is 1. The first-order valence-corrected chi connectivity index (χ1v) is 13.9. The summed E-state index contributed by atoms with van der Waals surface area (Å²) in [6.07, 6.45) is -4.64. The zero-order valence-electron chi connectivity index (χ0n) is 22.3. The lowest BCUT2D eigenvalue weighted by Gasteiger charge is -2.17. The number of nitrogens with one attached hydrogen (secondary N) is 2. The van der Waals surface area contributed by atoms with Crippen LogP contribution in [0.25, 0.3) is 11.2 Å². The fraction of sp³-hybridized carbons (Fsp3) is 0.478. The van der Waals surface area contributed by atoms with Crippen molar-refractivity contribution in [2.75, 3.05) is 37.7 Å². The van der Waals surface area contributed by atoms with E-state index in [4.69, 9.17) is 20.4 Å². The van der Waals surface area contributed by atoms with Crippen LogP contribution >= 0.6 is 0 Å². The minimum Gasteiger partial charge on any atom is -0.507 e. The minimum absolute atomic E-state index is 0.0321. The first kappa shape index (κ1) is 30.9. The molecule has 0 spiro atoms. The lowest BCUT2D eigenvalue weighted by atomic mass is 10.1. The second-order valence-corrected chi connectivity index (χ2v) is 10.2. The van der Waals surface area contributed by atoms with Gasteiger partial charge in [-0.2, -0.15) is 8.42 Å². The number of benzene rings is 1. The lowest BCUT2D eigenvalue weighted by Crippen LogP contribution is -3.11. The van der Waals surface area contributed by atoms with Crippen LogP contribution in [0, 0.1) is 0 Å². The number of aliphatic hydroxyl groups is 2. The molecule has 0 bridgehead atoms. The summed E-state index contributed by atoms with van der Waals surface area (Å²) in [6, 6.07) is 5.29. The van der Waals surface area contributed by atoms with Crippen molar-refractivity contribution in [3.05, 3.63) is 36.2 Å². The van der Waals surface area contributed by atoms with Gasteiger partial charge in [-0.25, -0.2) is 19.7 Å². The smallest absolute Gasteiger partial charge is 0.362 e. The molecule has 1 fully saturated rings. The Morgan fingerprint density at radius 1 is 1.12 bits per heavy atom. The van der Waals surface area contributed by atoms with Crippen LogP contribution in [0.4, 0.5) is 11.8 Å². The van der Waals surface area contributed by atoms with Gasteiger partial charge in [0.05, 0.1) is 31.8 Å². The third-order valence-corrected chi connectivity index (χ3v) is 7.26. The fourth-order valence-corrected chi connectivity index (χ4v) is 4.75. The van der Waals surface area contributed by atoms with E-state index in [-0.39, 0.29) is 28.5 Å². The summed E-state index contributed by atoms with van der Waals surface area (Å²) in [5.41, 5.74) is 11.6. The van der Waals surface area contributed by atoms with E-state index in [0.717, 1.165) is 6.33 Å². The number of carbonyl (C=O) groups is 1. The molecule has 4 atom stereocenters. The van der Waals surface area contributed by atoms with Crippen LogP contribution in [0.3, 0.4) is 0 Å². The molecule has 16 nitrogen and oxygen atoms in total. The number of nitrogen functional groups attached to an aromatic ring is 2. The van der Waals surface area contributed by atoms with Gasteiger partial charge in [0.15, 0.2) is 23.2 Å². The minimum atomic E-state index is -4.66. The van der Waals surface area contributed by atoms with Crippen LogP contribution in [-0.2, 0) is 19.2 Å².